The Morgan fingerprint density at radius 1 is 1.18 bits per heavy atom. The van der Waals surface area contributed by atoms with Crippen molar-refractivity contribution in [2.24, 2.45) is 5.73 Å². The number of carbonyl (C=O) groups is 4. The van der Waals surface area contributed by atoms with E-state index in [1.807, 2.05) is 49.9 Å². The molecule has 11 heteroatoms. The molecule has 38 heavy (non-hydrogen) atoms. The molecule has 0 spiro atoms. The molecule has 0 radical (unpaired) electrons. The Hall–Kier alpha value is -3.18. The van der Waals surface area contributed by atoms with Gasteiger partial charge in [-0.05, 0) is 70.7 Å². The van der Waals surface area contributed by atoms with Gasteiger partial charge in [-0.3, -0.25) is 24.1 Å². The third kappa shape index (κ3) is 8.98. The molecule has 6 N–H and O–H groups in total. The molecule has 3 aliphatic rings. The van der Waals surface area contributed by atoms with Gasteiger partial charge in [-0.2, -0.15) is 0 Å². The van der Waals surface area contributed by atoms with E-state index in [-0.39, 0.29) is 43.3 Å². The average molecular weight is 532 g/mol. The minimum absolute atomic E-state index is 0.0897. The van der Waals surface area contributed by atoms with Crippen LogP contribution in [0.3, 0.4) is 0 Å². The van der Waals surface area contributed by atoms with E-state index in [1.54, 1.807) is 0 Å². The largest absolute Gasteiger partial charge is 0.494 e. The molecule has 210 valence electrons. The molecular formula is C27H41N5O6. The molecule has 3 aliphatic heterocycles. The van der Waals surface area contributed by atoms with E-state index in [2.05, 4.69) is 16.0 Å². The normalized spacial score (nSPS) is 24.4. The number of hydrogen-bond donors (Lipinski definition) is 5. The van der Waals surface area contributed by atoms with Crippen LogP contribution in [-0.2, 0) is 25.6 Å². The number of aliphatic hydroxyl groups excluding tert-OH is 1. The standard InChI is InChI=1S/C27H41N5O6/c1-27(2,3)31-26(37)21-6-4-12-32(21)16-22(33)19-14-17-8-10-18(11-9-17)38-13-5-7-24(35)29-20(15-23(28)34)25(36)30-19/h8-11,19-22,33H,4-7,12-16H2,1-3H3,(H2,28,34)(H,29,35)(H,30,36)(H,31,37)/t19-,20-,21-,22-/m0/s1. The predicted octanol–water partition coefficient (Wildman–Crippen LogP) is -0.0133. The van der Waals surface area contributed by atoms with E-state index in [4.69, 9.17) is 10.5 Å². The third-order valence-electron chi connectivity index (χ3n) is 6.63. The van der Waals surface area contributed by atoms with Gasteiger partial charge in [0.2, 0.25) is 23.6 Å². The number of rotatable bonds is 6. The highest BCUT2D eigenvalue weighted by Crippen LogP contribution is 2.21. The number of likely N-dealkylation sites (tertiary alicyclic amines) is 1. The lowest BCUT2D eigenvalue weighted by molar-refractivity contribution is -0.132. The molecule has 0 unspecified atom stereocenters. The van der Waals surface area contributed by atoms with Crippen molar-refractivity contribution in [3.8, 4) is 5.75 Å². The number of primary amides is 1. The molecule has 1 fully saturated rings. The first-order valence-electron chi connectivity index (χ1n) is 13.2. The predicted molar refractivity (Wildman–Crippen MR) is 141 cm³/mol. The monoisotopic (exact) mass is 531 g/mol. The fourth-order valence-electron chi connectivity index (χ4n) is 4.80. The fraction of sp³-hybridized carbons (Fsp3) is 0.630. The first-order chi connectivity index (χ1) is 17.9. The van der Waals surface area contributed by atoms with Gasteiger partial charge in [0.25, 0.3) is 0 Å². The van der Waals surface area contributed by atoms with E-state index >= 15 is 0 Å². The number of carbonyl (C=O) groups excluding carboxylic acids is 4. The smallest absolute Gasteiger partial charge is 0.243 e. The SMILES string of the molecule is CC(C)(C)NC(=O)[C@@H]1CCCN1C[C@H](O)[C@@H]1Cc2ccc(cc2)OCCCC(=O)N[C@@H](CC(N)=O)C(=O)N1. The van der Waals surface area contributed by atoms with Crippen molar-refractivity contribution in [1.29, 1.82) is 0 Å². The molecule has 0 aromatic heterocycles. The molecule has 0 aliphatic carbocycles. The number of nitrogens with two attached hydrogens (primary N) is 1. The van der Waals surface area contributed by atoms with Crippen molar-refractivity contribution in [2.45, 2.75) is 89.1 Å². The van der Waals surface area contributed by atoms with E-state index in [1.165, 1.54) is 0 Å². The van der Waals surface area contributed by atoms with Crippen molar-refractivity contribution < 1.29 is 29.0 Å². The second-order valence-corrected chi connectivity index (χ2v) is 11.2. The van der Waals surface area contributed by atoms with Crippen molar-refractivity contribution in [3.63, 3.8) is 0 Å². The number of ether oxygens (including phenoxy) is 1. The van der Waals surface area contributed by atoms with Gasteiger partial charge in [-0.15, -0.1) is 0 Å². The highest BCUT2D eigenvalue weighted by Gasteiger charge is 2.36. The molecular weight excluding hydrogens is 490 g/mol. The summed E-state index contributed by atoms with van der Waals surface area (Å²) in [5.41, 5.74) is 5.82. The number of nitrogens with zero attached hydrogens (tertiary/aromatic N) is 1. The van der Waals surface area contributed by atoms with Gasteiger partial charge in [0.05, 0.1) is 31.2 Å². The zero-order valence-corrected chi connectivity index (χ0v) is 22.5. The van der Waals surface area contributed by atoms with Gasteiger partial charge in [-0.25, -0.2) is 0 Å². The summed E-state index contributed by atoms with van der Waals surface area (Å²) >= 11 is 0. The quantitative estimate of drug-likeness (QED) is 0.345. The Kier molecular flexibility index (Phi) is 10.1. The zero-order chi connectivity index (χ0) is 27.9. The molecule has 11 nitrogen and oxygen atoms in total. The molecule has 4 rings (SSSR count). The van der Waals surface area contributed by atoms with Gasteiger partial charge in [0.1, 0.15) is 11.8 Å². The van der Waals surface area contributed by atoms with Gasteiger partial charge in [0, 0.05) is 18.5 Å². The van der Waals surface area contributed by atoms with Crippen LogP contribution < -0.4 is 26.4 Å². The third-order valence-corrected chi connectivity index (χ3v) is 6.63. The number of fused-ring (bicyclic) bond motifs is 12. The average Bonchev–Trinajstić information content (AvgIpc) is 3.28. The summed E-state index contributed by atoms with van der Waals surface area (Å²) < 4.78 is 5.70. The highest BCUT2D eigenvalue weighted by molar-refractivity contribution is 5.91. The maximum Gasteiger partial charge on any atom is 0.243 e. The lowest BCUT2D eigenvalue weighted by atomic mass is 9.99. The molecule has 1 saturated heterocycles. The van der Waals surface area contributed by atoms with Crippen LogP contribution in [0, 0.1) is 0 Å². The zero-order valence-electron chi connectivity index (χ0n) is 22.5. The molecule has 1 aromatic rings. The summed E-state index contributed by atoms with van der Waals surface area (Å²) in [4.78, 5) is 52.1. The van der Waals surface area contributed by atoms with Gasteiger partial charge < -0.3 is 31.5 Å². The fourth-order valence-corrected chi connectivity index (χ4v) is 4.80. The second-order valence-electron chi connectivity index (χ2n) is 11.2. The van der Waals surface area contributed by atoms with Crippen LogP contribution in [0.15, 0.2) is 24.3 Å². The van der Waals surface area contributed by atoms with E-state index < -0.39 is 35.9 Å². The number of benzene rings is 1. The topological polar surface area (TPSA) is 163 Å². The number of nitrogens with one attached hydrogen (secondary N) is 3. The Labute approximate surface area is 223 Å². The van der Waals surface area contributed by atoms with Gasteiger partial charge in [-0.1, -0.05) is 12.1 Å². The van der Waals surface area contributed by atoms with E-state index in [0.29, 0.717) is 31.7 Å². The lowest BCUT2D eigenvalue weighted by Crippen LogP contribution is -2.57. The maximum atomic E-state index is 13.2. The van der Waals surface area contributed by atoms with Gasteiger partial charge >= 0.3 is 0 Å². The summed E-state index contributed by atoms with van der Waals surface area (Å²) in [6.45, 7) is 6.89. The Morgan fingerprint density at radius 2 is 1.89 bits per heavy atom. The molecule has 4 amide bonds. The number of aliphatic hydroxyl groups is 1. The Bertz CT molecular complexity index is 993. The van der Waals surface area contributed by atoms with Crippen LogP contribution in [0.25, 0.3) is 0 Å². The molecule has 3 heterocycles. The number of β-amino-alcohol motifs (C(OH)–C–C–N with tert-alkyl or cyclic N) is 1. The molecule has 4 atom stereocenters. The van der Waals surface area contributed by atoms with E-state index in [9.17, 15) is 24.3 Å². The van der Waals surface area contributed by atoms with Crippen molar-refractivity contribution >= 4 is 23.6 Å². The van der Waals surface area contributed by atoms with E-state index in [0.717, 1.165) is 12.0 Å². The van der Waals surface area contributed by atoms with Crippen LogP contribution in [-0.4, -0.2) is 83.1 Å². The van der Waals surface area contributed by atoms with Crippen LogP contribution >= 0.6 is 0 Å². The minimum atomic E-state index is -1.17. The van der Waals surface area contributed by atoms with Gasteiger partial charge in [0.15, 0.2) is 0 Å². The molecule has 2 bridgehead atoms. The van der Waals surface area contributed by atoms with Crippen LogP contribution in [0.4, 0.5) is 0 Å². The van der Waals surface area contributed by atoms with Crippen LogP contribution in [0.2, 0.25) is 0 Å². The molecule has 1 aromatic carbocycles. The van der Waals surface area contributed by atoms with Crippen LogP contribution in [0.5, 0.6) is 5.75 Å². The second kappa shape index (κ2) is 13.1. The van der Waals surface area contributed by atoms with Crippen LogP contribution in [0.1, 0.15) is 58.4 Å². The summed E-state index contributed by atoms with van der Waals surface area (Å²) in [6.07, 6.45) is 0.932. The number of amides is 4. The highest BCUT2D eigenvalue weighted by atomic mass is 16.5. The Morgan fingerprint density at radius 3 is 2.55 bits per heavy atom. The van der Waals surface area contributed by atoms with Crippen molar-refractivity contribution in [1.82, 2.24) is 20.9 Å². The first kappa shape index (κ1) is 29.4. The lowest BCUT2D eigenvalue weighted by Gasteiger charge is -2.32. The minimum Gasteiger partial charge on any atom is -0.494 e. The summed E-state index contributed by atoms with van der Waals surface area (Å²) in [5, 5.41) is 19.8. The summed E-state index contributed by atoms with van der Waals surface area (Å²) in [5.74, 6) is -1.17. The summed E-state index contributed by atoms with van der Waals surface area (Å²) in [6, 6.07) is 5.05. The van der Waals surface area contributed by atoms with Crippen molar-refractivity contribution in [3.05, 3.63) is 29.8 Å². The van der Waals surface area contributed by atoms with Crippen molar-refractivity contribution in [2.75, 3.05) is 19.7 Å². The number of hydrogen-bond acceptors (Lipinski definition) is 7. The maximum absolute atomic E-state index is 13.2. The Balaban J connectivity index is 1.81. The first-order valence-corrected chi connectivity index (χ1v) is 13.2. The summed E-state index contributed by atoms with van der Waals surface area (Å²) in [7, 11) is 0. The molecule has 0 saturated carbocycles.